The van der Waals surface area contributed by atoms with Crippen molar-refractivity contribution in [1.82, 2.24) is 20.2 Å². The fraction of sp³-hybridized carbons (Fsp3) is 0.364. The molecule has 1 aromatic carbocycles. The Balaban J connectivity index is 2.33. The third kappa shape index (κ3) is 2.03. The van der Waals surface area contributed by atoms with E-state index in [0.717, 1.165) is 11.5 Å². The minimum Gasteiger partial charge on any atom is -0.131 e. The zero-order chi connectivity index (χ0) is 10.8. The van der Waals surface area contributed by atoms with Crippen LogP contribution in [0.1, 0.15) is 31.2 Å². The van der Waals surface area contributed by atoms with Crippen LogP contribution in [0.4, 0.5) is 0 Å². The molecule has 0 spiro atoms. The van der Waals surface area contributed by atoms with E-state index < -0.39 is 0 Å². The summed E-state index contributed by atoms with van der Waals surface area (Å²) < 4.78 is 0. The van der Waals surface area contributed by atoms with E-state index in [9.17, 15) is 0 Å². The molecular formula is C11H14N4. The number of hydrogen-bond donors (Lipinski definition) is 0. The van der Waals surface area contributed by atoms with Gasteiger partial charge in [-0.2, -0.15) is 0 Å². The number of tetrazole rings is 1. The number of aryl methyl sites for hydroxylation is 1. The first kappa shape index (κ1) is 9.83. The lowest BCUT2D eigenvalue weighted by atomic mass is 10.2. The first-order valence-electron chi connectivity index (χ1n) is 5.04. The molecule has 0 aliphatic rings. The molecule has 0 saturated carbocycles. The van der Waals surface area contributed by atoms with E-state index in [1.165, 1.54) is 5.56 Å². The van der Waals surface area contributed by atoms with Gasteiger partial charge in [0.15, 0.2) is 5.82 Å². The summed E-state index contributed by atoms with van der Waals surface area (Å²) in [5.41, 5.74) is 2.17. The molecule has 0 atom stereocenters. The van der Waals surface area contributed by atoms with Crippen LogP contribution in [0.5, 0.6) is 0 Å². The zero-order valence-corrected chi connectivity index (χ0v) is 9.18. The Morgan fingerprint density at radius 2 is 1.80 bits per heavy atom. The molecule has 0 N–H and O–H groups in total. The van der Waals surface area contributed by atoms with Crippen molar-refractivity contribution in [1.29, 1.82) is 0 Å². The van der Waals surface area contributed by atoms with E-state index in [1.54, 1.807) is 4.80 Å². The molecule has 2 rings (SSSR count). The normalized spacial score (nSPS) is 10.9. The maximum atomic E-state index is 4.30. The largest absolute Gasteiger partial charge is 0.177 e. The molecule has 0 fully saturated rings. The van der Waals surface area contributed by atoms with E-state index in [1.807, 2.05) is 24.3 Å². The Morgan fingerprint density at radius 1 is 1.13 bits per heavy atom. The SMILES string of the molecule is Cc1ccc(-n2nnc(C(C)C)n2)cc1. The molecule has 0 bridgehead atoms. The van der Waals surface area contributed by atoms with Gasteiger partial charge >= 0.3 is 0 Å². The van der Waals surface area contributed by atoms with Crippen LogP contribution in [0.2, 0.25) is 0 Å². The van der Waals surface area contributed by atoms with Crippen molar-refractivity contribution in [2.24, 2.45) is 0 Å². The summed E-state index contributed by atoms with van der Waals surface area (Å²) in [6.07, 6.45) is 0. The van der Waals surface area contributed by atoms with Crippen LogP contribution in [0, 0.1) is 6.92 Å². The summed E-state index contributed by atoms with van der Waals surface area (Å²) in [5, 5.41) is 12.3. The Labute approximate surface area is 88.9 Å². The summed E-state index contributed by atoms with van der Waals surface area (Å²) in [6, 6.07) is 8.05. The fourth-order valence-corrected chi connectivity index (χ4v) is 1.24. The number of benzene rings is 1. The highest BCUT2D eigenvalue weighted by Crippen LogP contribution is 2.10. The van der Waals surface area contributed by atoms with Crippen LogP contribution >= 0.6 is 0 Å². The average Bonchev–Trinajstić information content (AvgIpc) is 2.68. The highest BCUT2D eigenvalue weighted by atomic mass is 15.6. The summed E-state index contributed by atoms with van der Waals surface area (Å²) in [4.78, 5) is 1.56. The standard InChI is InChI=1S/C11H14N4/c1-8(2)11-12-14-15(13-11)10-6-4-9(3)5-7-10/h4-8H,1-3H3. The zero-order valence-electron chi connectivity index (χ0n) is 9.18. The predicted octanol–water partition coefficient (Wildman–Crippen LogP) is 2.09. The third-order valence-corrected chi connectivity index (χ3v) is 2.21. The summed E-state index contributed by atoms with van der Waals surface area (Å²) in [6.45, 7) is 6.16. The topological polar surface area (TPSA) is 43.6 Å². The maximum Gasteiger partial charge on any atom is 0.177 e. The minimum absolute atomic E-state index is 0.309. The Kier molecular flexibility index (Phi) is 2.49. The molecular weight excluding hydrogens is 188 g/mol. The van der Waals surface area contributed by atoms with Crippen molar-refractivity contribution in [2.45, 2.75) is 26.7 Å². The Morgan fingerprint density at radius 3 is 2.33 bits per heavy atom. The van der Waals surface area contributed by atoms with Crippen molar-refractivity contribution in [3.8, 4) is 5.69 Å². The summed E-state index contributed by atoms with van der Waals surface area (Å²) in [7, 11) is 0. The van der Waals surface area contributed by atoms with Gasteiger partial charge < -0.3 is 0 Å². The van der Waals surface area contributed by atoms with Crippen LogP contribution in [-0.2, 0) is 0 Å². The first-order valence-corrected chi connectivity index (χ1v) is 5.04. The molecule has 1 aromatic heterocycles. The number of nitrogens with zero attached hydrogens (tertiary/aromatic N) is 4. The smallest absolute Gasteiger partial charge is 0.131 e. The first-order chi connectivity index (χ1) is 7.16. The highest BCUT2D eigenvalue weighted by molar-refractivity contribution is 5.31. The fourth-order valence-electron chi connectivity index (χ4n) is 1.24. The summed E-state index contributed by atoms with van der Waals surface area (Å²) in [5.74, 6) is 1.08. The van der Waals surface area contributed by atoms with E-state index in [2.05, 4.69) is 36.2 Å². The molecule has 0 aliphatic carbocycles. The van der Waals surface area contributed by atoms with Gasteiger partial charge in [-0.15, -0.1) is 15.0 Å². The third-order valence-electron chi connectivity index (χ3n) is 2.21. The summed E-state index contributed by atoms with van der Waals surface area (Å²) >= 11 is 0. The maximum absolute atomic E-state index is 4.30. The van der Waals surface area contributed by atoms with Crippen LogP contribution in [0.3, 0.4) is 0 Å². The molecule has 4 heteroatoms. The Bertz CT molecular complexity index is 442. The molecule has 0 saturated heterocycles. The van der Waals surface area contributed by atoms with Gasteiger partial charge in [-0.3, -0.25) is 0 Å². The van der Waals surface area contributed by atoms with Gasteiger partial charge in [-0.1, -0.05) is 31.5 Å². The molecule has 0 radical (unpaired) electrons. The van der Waals surface area contributed by atoms with Crippen molar-refractivity contribution in [3.63, 3.8) is 0 Å². The van der Waals surface area contributed by atoms with Gasteiger partial charge in [0.2, 0.25) is 0 Å². The van der Waals surface area contributed by atoms with Crippen molar-refractivity contribution in [2.75, 3.05) is 0 Å². The van der Waals surface area contributed by atoms with E-state index in [4.69, 9.17) is 0 Å². The molecule has 15 heavy (non-hydrogen) atoms. The number of hydrogen-bond acceptors (Lipinski definition) is 3. The highest BCUT2D eigenvalue weighted by Gasteiger charge is 2.07. The molecule has 2 aromatic rings. The van der Waals surface area contributed by atoms with Crippen LogP contribution < -0.4 is 0 Å². The van der Waals surface area contributed by atoms with Crippen molar-refractivity contribution in [3.05, 3.63) is 35.7 Å². The molecule has 1 heterocycles. The molecule has 0 unspecified atom stereocenters. The quantitative estimate of drug-likeness (QED) is 0.749. The van der Waals surface area contributed by atoms with Gasteiger partial charge in [0.05, 0.1) is 5.69 Å². The average molecular weight is 202 g/mol. The lowest BCUT2D eigenvalue weighted by molar-refractivity contribution is 0.711. The minimum atomic E-state index is 0.309. The second kappa shape index (κ2) is 3.81. The number of rotatable bonds is 2. The Hall–Kier alpha value is -1.71. The van der Waals surface area contributed by atoms with E-state index in [-0.39, 0.29) is 0 Å². The molecule has 0 aliphatic heterocycles. The van der Waals surface area contributed by atoms with Crippen LogP contribution in [-0.4, -0.2) is 20.2 Å². The lowest BCUT2D eigenvalue weighted by Crippen LogP contribution is -1.99. The predicted molar refractivity (Wildman–Crippen MR) is 58.0 cm³/mol. The van der Waals surface area contributed by atoms with Gasteiger partial charge in [0, 0.05) is 5.92 Å². The van der Waals surface area contributed by atoms with Crippen molar-refractivity contribution >= 4 is 0 Å². The van der Waals surface area contributed by atoms with Gasteiger partial charge in [0.25, 0.3) is 0 Å². The second-order valence-corrected chi connectivity index (χ2v) is 3.93. The second-order valence-electron chi connectivity index (χ2n) is 3.93. The van der Waals surface area contributed by atoms with E-state index >= 15 is 0 Å². The monoisotopic (exact) mass is 202 g/mol. The van der Waals surface area contributed by atoms with Gasteiger partial charge in [-0.05, 0) is 24.3 Å². The van der Waals surface area contributed by atoms with Crippen LogP contribution in [0.15, 0.2) is 24.3 Å². The number of aromatic nitrogens is 4. The van der Waals surface area contributed by atoms with Crippen LogP contribution in [0.25, 0.3) is 5.69 Å². The van der Waals surface area contributed by atoms with Crippen molar-refractivity contribution < 1.29 is 0 Å². The van der Waals surface area contributed by atoms with Gasteiger partial charge in [-0.25, -0.2) is 0 Å². The molecule has 0 amide bonds. The van der Waals surface area contributed by atoms with Gasteiger partial charge in [0.1, 0.15) is 0 Å². The van der Waals surface area contributed by atoms with E-state index in [0.29, 0.717) is 5.92 Å². The molecule has 78 valence electrons. The molecule has 4 nitrogen and oxygen atoms in total. The lowest BCUT2D eigenvalue weighted by Gasteiger charge is -1.98.